The Balaban J connectivity index is 1.78. The molecule has 0 saturated heterocycles. The summed E-state index contributed by atoms with van der Waals surface area (Å²) in [7, 11) is 0. The molecule has 0 unspecified atom stereocenters. The lowest BCUT2D eigenvalue weighted by Gasteiger charge is -2.07. The number of halogens is 2. The second-order valence-corrected chi connectivity index (χ2v) is 7.69. The highest BCUT2D eigenvalue weighted by atomic mass is 35.5. The van der Waals surface area contributed by atoms with Crippen molar-refractivity contribution in [2.75, 3.05) is 0 Å². The standard InChI is InChI=1S/C24H16Cl2N2/c25-19-10-8-18(9-11-19)23-22(15-16-4-3-6-20(26)14-16)28-13-12-17-5-1-2-7-21(17)24(28)27-23/h1-14H,15H2. The molecule has 136 valence electrons. The Morgan fingerprint density at radius 2 is 1.61 bits per heavy atom. The number of benzene rings is 3. The van der Waals surface area contributed by atoms with E-state index in [4.69, 9.17) is 28.2 Å². The molecule has 2 aromatic heterocycles. The van der Waals surface area contributed by atoms with Crippen LogP contribution in [0.25, 0.3) is 27.7 Å². The van der Waals surface area contributed by atoms with E-state index in [0.717, 1.165) is 45.0 Å². The molecule has 0 N–H and O–H groups in total. The summed E-state index contributed by atoms with van der Waals surface area (Å²) in [6.45, 7) is 0. The molecular weight excluding hydrogens is 387 g/mol. The highest BCUT2D eigenvalue weighted by Crippen LogP contribution is 2.31. The van der Waals surface area contributed by atoms with Crippen LogP contribution >= 0.6 is 23.2 Å². The molecule has 4 heteroatoms. The zero-order valence-electron chi connectivity index (χ0n) is 14.9. The van der Waals surface area contributed by atoms with Gasteiger partial charge in [-0.3, -0.25) is 0 Å². The van der Waals surface area contributed by atoms with E-state index in [1.807, 2.05) is 42.5 Å². The van der Waals surface area contributed by atoms with Gasteiger partial charge in [0.2, 0.25) is 0 Å². The lowest BCUT2D eigenvalue weighted by molar-refractivity contribution is 1.03. The van der Waals surface area contributed by atoms with E-state index in [2.05, 4.69) is 47.0 Å². The first kappa shape index (κ1) is 17.3. The average molecular weight is 403 g/mol. The van der Waals surface area contributed by atoms with E-state index < -0.39 is 0 Å². The Hall–Kier alpha value is -2.81. The van der Waals surface area contributed by atoms with E-state index in [9.17, 15) is 0 Å². The summed E-state index contributed by atoms with van der Waals surface area (Å²) in [5, 5.41) is 3.77. The molecule has 0 bridgehead atoms. The van der Waals surface area contributed by atoms with Gasteiger partial charge >= 0.3 is 0 Å². The molecule has 0 atom stereocenters. The van der Waals surface area contributed by atoms with Crippen molar-refractivity contribution in [3.8, 4) is 11.3 Å². The number of pyridine rings is 1. The van der Waals surface area contributed by atoms with Crippen molar-refractivity contribution in [1.29, 1.82) is 0 Å². The second kappa shape index (κ2) is 6.97. The Kier molecular flexibility index (Phi) is 4.31. The summed E-state index contributed by atoms with van der Waals surface area (Å²) in [5.74, 6) is 0. The van der Waals surface area contributed by atoms with Crippen molar-refractivity contribution in [2.24, 2.45) is 0 Å². The van der Waals surface area contributed by atoms with Gasteiger partial charge in [-0.25, -0.2) is 4.98 Å². The van der Waals surface area contributed by atoms with Gasteiger partial charge in [-0.05, 0) is 41.3 Å². The number of nitrogens with zero attached hydrogens (tertiary/aromatic N) is 2. The highest BCUT2D eigenvalue weighted by molar-refractivity contribution is 6.30. The minimum atomic E-state index is 0.717. The molecule has 0 spiro atoms. The van der Waals surface area contributed by atoms with E-state index in [1.54, 1.807) is 0 Å². The van der Waals surface area contributed by atoms with Crippen LogP contribution in [0.15, 0.2) is 85.1 Å². The molecular formula is C24H16Cl2N2. The summed E-state index contributed by atoms with van der Waals surface area (Å²) >= 11 is 12.3. The quantitative estimate of drug-likeness (QED) is 0.315. The Labute approximate surface area is 173 Å². The third-order valence-electron chi connectivity index (χ3n) is 4.99. The molecule has 0 fully saturated rings. The maximum Gasteiger partial charge on any atom is 0.145 e. The zero-order valence-corrected chi connectivity index (χ0v) is 16.5. The van der Waals surface area contributed by atoms with Crippen molar-refractivity contribution < 1.29 is 0 Å². The molecule has 0 saturated carbocycles. The Morgan fingerprint density at radius 3 is 2.43 bits per heavy atom. The first-order chi connectivity index (χ1) is 13.7. The maximum absolute atomic E-state index is 6.22. The van der Waals surface area contributed by atoms with Crippen molar-refractivity contribution in [3.63, 3.8) is 0 Å². The minimum Gasteiger partial charge on any atom is -0.303 e. The summed E-state index contributed by atoms with van der Waals surface area (Å²) in [6, 6.07) is 26.3. The van der Waals surface area contributed by atoms with Gasteiger partial charge in [-0.2, -0.15) is 0 Å². The molecule has 2 nitrogen and oxygen atoms in total. The van der Waals surface area contributed by atoms with Gasteiger partial charge < -0.3 is 4.40 Å². The maximum atomic E-state index is 6.22. The van der Waals surface area contributed by atoms with Crippen LogP contribution in [0.2, 0.25) is 10.0 Å². The smallest absolute Gasteiger partial charge is 0.145 e. The summed E-state index contributed by atoms with van der Waals surface area (Å²) in [5.41, 5.74) is 5.25. The molecule has 5 rings (SSSR count). The number of aromatic nitrogens is 2. The molecule has 2 heterocycles. The molecule has 0 radical (unpaired) electrons. The van der Waals surface area contributed by atoms with Crippen molar-refractivity contribution >= 4 is 39.6 Å². The van der Waals surface area contributed by atoms with E-state index in [0.29, 0.717) is 5.02 Å². The minimum absolute atomic E-state index is 0.717. The van der Waals surface area contributed by atoms with Crippen LogP contribution in [-0.4, -0.2) is 9.38 Å². The fraction of sp³-hybridized carbons (Fsp3) is 0.0417. The van der Waals surface area contributed by atoms with Crippen LogP contribution in [0.5, 0.6) is 0 Å². The number of imidazole rings is 1. The topological polar surface area (TPSA) is 17.3 Å². The van der Waals surface area contributed by atoms with Crippen LogP contribution in [0, 0.1) is 0 Å². The van der Waals surface area contributed by atoms with Gasteiger partial charge in [-0.1, -0.05) is 71.7 Å². The summed E-state index contributed by atoms with van der Waals surface area (Å²) in [4.78, 5) is 5.05. The Bertz CT molecular complexity index is 1300. The fourth-order valence-corrected chi connectivity index (χ4v) is 4.00. The van der Waals surface area contributed by atoms with Crippen LogP contribution in [0.3, 0.4) is 0 Å². The lowest BCUT2D eigenvalue weighted by atomic mass is 10.0. The number of fused-ring (bicyclic) bond motifs is 3. The number of hydrogen-bond acceptors (Lipinski definition) is 1. The molecule has 0 aliphatic rings. The largest absolute Gasteiger partial charge is 0.303 e. The van der Waals surface area contributed by atoms with Crippen molar-refractivity contribution in [3.05, 3.63) is 106 Å². The van der Waals surface area contributed by atoms with Gasteiger partial charge in [0, 0.05) is 33.6 Å². The SMILES string of the molecule is Clc1ccc(-c2nc3c4ccccc4ccn3c2Cc2cccc(Cl)c2)cc1. The van der Waals surface area contributed by atoms with Crippen molar-refractivity contribution in [1.82, 2.24) is 9.38 Å². The van der Waals surface area contributed by atoms with Crippen molar-refractivity contribution in [2.45, 2.75) is 6.42 Å². The van der Waals surface area contributed by atoms with Gasteiger partial charge in [0.25, 0.3) is 0 Å². The second-order valence-electron chi connectivity index (χ2n) is 6.82. The fourth-order valence-electron chi connectivity index (χ4n) is 3.67. The molecule has 0 amide bonds. The number of hydrogen-bond donors (Lipinski definition) is 0. The van der Waals surface area contributed by atoms with Crippen LogP contribution < -0.4 is 0 Å². The zero-order chi connectivity index (χ0) is 19.1. The van der Waals surface area contributed by atoms with Gasteiger partial charge in [-0.15, -0.1) is 0 Å². The predicted molar refractivity (Wildman–Crippen MR) is 117 cm³/mol. The third kappa shape index (κ3) is 3.05. The average Bonchev–Trinajstić information content (AvgIpc) is 3.07. The lowest BCUT2D eigenvalue weighted by Crippen LogP contribution is -1.97. The molecule has 0 aliphatic carbocycles. The third-order valence-corrected chi connectivity index (χ3v) is 5.48. The summed E-state index contributed by atoms with van der Waals surface area (Å²) < 4.78 is 2.19. The normalized spacial score (nSPS) is 11.4. The van der Waals surface area contributed by atoms with Gasteiger partial charge in [0.15, 0.2) is 0 Å². The van der Waals surface area contributed by atoms with E-state index in [-0.39, 0.29) is 0 Å². The first-order valence-electron chi connectivity index (χ1n) is 9.08. The monoisotopic (exact) mass is 402 g/mol. The molecule has 3 aromatic carbocycles. The molecule has 0 aliphatic heterocycles. The van der Waals surface area contributed by atoms with Crippen LogP contribution in [0.4, 0.5) is 0 Å². The van der Waals surface area contributed by atoms with Gasteiger partial charge in [0.05, 0.1) is 11.4 Å². The van der Waals surface area contributed by atoms with Gasteiger partial charge in [0.1, 0.15) is 5.65 Å². The highest BCUT2D eigenvalue weighted by Gasteiger charge is 2.16. The van der Waals surface area contributed by atoms with Crippen LogP contribution in [0.1, 0.15) is 11.3 Å². The predicted octanol–water partition coefficient (Wildman–Crippen LogP) is 7.05. The molecule has 5 aromatic rings. The molecule has 28 heavy (non-hydrogen) atoms. The van der Waals surface area contributed by atoms with Crippen LogP contribution in [-0.2, 0) is 6.42 Å². The summed E-state index contributed by atoms with van der Waals surface area (Å²) in [6.07, 6.45) is 2.84. The first-order valence-corrected chi connectivity index (χ1v) is 9.84. The van der Waals surface area contributed by atoms with E-state index >= 15 is 0 Å². The van der Waals surface area contributed by atoms with E-state index in [1.165, 1.54) is 5.39 Å². The number of rotatable bonds is 3. The Morgan fingerprint density at radius 1 is 0.786 bits per heavy atom.